The van der Waals surface area contributed by atoms with E-state index in [4.69, 9.17) is 4.42 Å². The average Bonchev–Trinajstić information content (AvgIpc) is 3.33. The normalized spacial score (nSPS) is 12.1. The number of hydrogen-bond acceptors (Lipinski definition) is 5. The SMILES string of the molecule is CCC[NH+](CC(=O)NCc1ccccc1F)Cc1nnc(-c2cccs2)o1. The van der Waals surface area contributed by atoms with Crippen molar-refractivity contribution in [3.63, 3.8) is 0 Å². The molecule has 1 amide bonds. The highest BCUT2D eigenvalue weighted by molar-refractivity contribution is 7.13. The van der Waals surface area contributed by atoms with Gasteiger partial charge < -0.3 is 14.6 Å². The van der Waals surface area contributed by atoms with Crippen molar-refractivity contribution in [1.29, 1.82) is 0 Å². The van der Waals surface area contributed by atoms with Crippen LogP contribution in [0.3, 0.4) is 0 Å². The highest BCUT2D eigenvalue weighted by Crippen LogP contribution is 2.22. The van der Waals surface area contributed by atoms with Gasteiger partial charge in [-0.25, -0.2) is 4.39 Å². The van der Waals surface area contributed by atoms with E-state index in [1.807, 2.05) is 17.5 Å². The predicted octanol–water partition coefficient (Wildman–Crippen LogP) is 2.05. The molecule has 0 aliphatic rings. The van der Waals surface area contributed by atoms with Crippen LogP contribution in [0, 0.1) is 5.82 Å². The van der Waals surface area contributed by atoms with Gasteiger partial charge >= 0.3 is 0 Å². The Labute approximate surface area is 161 Å². The first-order chi connectivity index (χ1) is 13.2. The number of carbonyl (C=O) groups excluding carboxylic acids is 1. The Morgan fingerprint density at radius 2 is 2.11 bits per heavy atom. The quantitative estimate of drug-likeness (QED) is 0.588. The summed E-state index contributed by atoms with van der Waals surface area (Å²) in [6, 6.07) is 10.3. The number of nitrogens with zero attached hydrogens (tertiary/aromatic N) is 2. The minimum atomic E-state index is -0.317. The van der Waals surface area contributed by atoms with E-state index < -0.39 is 0 Å². The lowest BCUT2D eigenvalue weighted by Gasteiger charge is -2.16. The monoisotopic (exact) mass is 389 g/mol. The lowest BCUT2D eigenvalue weighted by molar-refractivity contribution is -0.907. The van der Waals surface area contributed by atoms with Crippen molar-refractivity contribution < 1.29 is 18.5 Å². The van der Waals surface area contributed by atoms with Gasteiger partial charge in [0.25, 0.3) is 17.7 Å². The third-order valence-corrected chi connectivity index (χ3v) is 4.91. The molecule has 142 valence electrons. The second-order valence-corrected chi connectivity index (χ2v) is 7.15. The van der Waals surface area contributed by atoms with Crippen molar-refractivity contribution in [3.05, 3.63) is 59.0 Å². The number of rotatable bonds is 9. The van der Waals surface area contributed by atoms with Gasteiger partial charge in [-0.2, -0.15) is 0 Å². The predicted molar refractivity (Wildman–Crippen MR) is 101 cm³/mol. The van der Waals surface area contributed by atoms with Crippen LogP contribution in [-0.4, -0.2) is 29.2 Å². The zero-order valence-corrected chi connectivity index (χ0v) is 15.9. The van der Waals surface area contributed by atoms with Gasteiger partial charge in [-0.1, -0.05) is 31.2 Å². The van der Waals surface area contributed by atoms with E-state index >= 15 is 0 Å². The molecule has 0 bridgehead atoms. The van der Waals surface area contributed by atoms with Crippen molar-refractivity contribution >= 4 is 17.2 Å². The third kappa shape index (κ3) is 5.45. The molecule has 6 nitrogen and oxygen atoms in total. The smallest absolute Gasteiger partial charge is 0.275 e. The van der Waals surface area contributed by atoms with E-state index in [0.29, 0.717) is 23.9 Å². The summed E-state index contributed by atoms with van der Waals surface area (Å²) in [6.45, 7) is 3.76. The Bertz CT molecular complexity index is 866. The van der Waals surface area contributed by atoms with Gasteiger partial charge in [-0.05, 0) is 23.9 Å². The maximum atomic E-state index is 13.6. The number of quaternary nitrogens is 1. The van der Waals surface area contributed by atoms with E-state index in [1.54, 1.807) is 18.2 Å². The number of aromatic nitrogens is 2. The molecule has 0 aliphatic carbocycles. The molecule has 0 spiro atoms. The fourth-order valence-electron chi connectivity index (χ4n) is 2.76. The lowest BCUT2D eigenvalue weighted by Crippen LogP contribution is -3.12. The molecule has 0 fully saturated rings. The van der Waals surface area contributed by atoms with E-state index in [2.05, 4.69) is 22.4 Å². The van der Waals surface area contributed by atoms with Gasteiger partial charge in [0.1, 0.15) is 5.82 Å². The first-order valence-electron chi connectivity index (χ1n) is 8.85. The van der Waals surface area contributed by atoms with E-state index in [0.717, 1.165) is 22.7 Å². The summed E-state index contributed by atoms with van der Waals surface area (Å²) >= 11 is 1.54. The first kappa shape index (κ1) is 19.2. The molecule has 8 heteroatoms. The molecule has 0 radical (unpaired) electrons. The number of hydrogen-bond donors (Lipinski definition) is 2. The van der Waals surface area contributed by atoms with Crippen LogP contribution in [0.4, 0.5) is 4.39 Å². The zero-order chi connectivity index (χ0) is 19.1. The number of halogens is 1. The molecule has 2 aromatic heterocycles. The fourth-order valence-corrected chi connectivity index (χ4v) is 3.40. The van der Waals surface area contributed by atoms with Gasteiger partial charge in [0.2, 0.25) is 0 Å². The van der Waals surface area contributed by atoms with E-state index in [9.17, 15) is 9.18 Å². The fraction of sp³-hybridized carbons (Fsp3) is 0.316. The molecule has 1 aromatic carbocycles. The number of carbonyl (C=O) groups is 1. The summed E-state index contributed by atoms with van der Waals surface area (Å²) in [5, 5.41) is 12.9. The summed E-state index contributed by atoms with van der Waals surface area (Å²) in [6.07, 6.45) is 0.918. The topological polar surface area (TPSA) is 72.5 Å². The maximum Gasteiger partial charge on any atom is 0.275 e. The Balaban J connectivity index is 1.55. The van der Waals surface area contributed by atoms with E-state index in [1.165, 1.54) is 17.4 Å². The molecule has 2 heterocycles. The van der Waals surface area contributed by atoms with Crippen LogP contribution in [0.1, 0.15) is 24.8 Å². The second-order valence-electron chi connectivity index (χ2n) is 6.20. The van der Waals surface area contributed by atoms with Gasteiger partial charge in [0.05, 0.1) is 11.4 Å². The third-order valence-electron chi connectivity index (χ3n) is 4.05. The molecule has 1 atom stereocenters. The molecular weight excluding hydrogens is 367 g/mol. The van der Waals surface area contributed by atoms with Crippen molar-refractivity contribution in [3.8, 4) is 10.8 Å². The van der Waals surface area contributed by atoms with Crippen molar-refractivity contribution in [2.24, 2.45) is 0 Å². The van der Waals surface area contributed by atoms with Gasteiger partial charge in [-0.15, -0.1) is 21.5 Å². The molecule has 3 rings (SSSR count). The van der Waals surface area contributed by atoms with Crippen molar-refractivity contribution in [1.82, 2.24) is 15.5 Å². The number of benzene rings is 1. The Morgan fingerprint density at radius 3 is 2.85 bits per heavy atom. The molecule has 0 aliphatic heterocycles. The van der Waals surface area contributed by atoms with Gasteiger partial charge in [0.15, 0.2) is 13.1 Å². The van der Waals surface area contributed by atoms with Crippen LogP contribution in [-0.2, 0) is 17.9 Å². The van der Waals surface area contributed by atoms with Gasteiger partial charge in [0, 0.05) is 12.1 Å². The molecular formula is C19H22FN4O2S+. The van der Waals surface area contributed by atoms with Crippen LogP contribution >= 0.6 is 11.3 Å². The van der Waals surface area contributed by atoms with Crippen LogP contribution in [0.25, 0.3) is 10.8 Å². The molecule has 3 aromatic rings. The summed E-state index contributed by atoms with van der Waals surface area (Å²) < 4.78 is 19.4. The number of amides is 1. The second kappa shape index (κ2) is 9.38. The summed E-state index contributed by atoms with van der Waals surface area (Å²) in [5.74, 6) is 0.547. The largest absolute Gasteiger partial charge is 0.414 e. The Kier molecular flexibility index (Phi) is 6.67. The Morgan fingerprint density at radius 1 is 1.26 bits per heavy atom. The highest BCUT2D eigenvalue weighted by atomic mass is 32.1. The summed E-state index contributed by atoms with van der Waals surface area (Å²) in [5.41, 5.74) is 0.473. The highest BCUT2D eigenvalue weighted by Gasteiger charge is 2.19. The minimum absolute atomic E-state index is 0.139. The molecule has 2 N–H and O–H groups in total. The lowest BCUT2D eigenvalue weighted by atomic mass is 10.2. The standard InChI is InChI=1S/C19H21FN4O2S/c1-2-9-24(12-17(25)21-11-14-6-3-4-7-15(14)20)13-18-22-23-19(26-18)16-8-5-10-27-16/h3-8,10H,2,9,11-13H2,1H3,(H,21,25)/p+1. The average molecular weight is 389 g/mol. The first-order valence-corrected chi connectivity index (χ1v) is 9.73. The number of nitrogens with one attached hydrogen (secondary N) is 2. The van der Waals surface area contributed by atoms with Crippen molar-refractivity contribution in [2.45, 2.75) is 26.4 Å². The Hall–Kier alpha value is -2.58. The van der Waals surface area contributed by atoms with Crippen LogP contribution in [0.15, 0.2) is 46.2 Å². The maximum absolute atomic E-state index is 13.6. The molecule has 0 saturated heterocycles. The van der Waals surface area contributed by atoms with Crippen molar-refractivity contribution in [2.75, 3.05) is 13.1 Å². The molecule has 27 heavy (non-hydrogen) atoms. The minimum Gasteiger partial charge on any atom is -0.414 e. The van der Waals surface area contributed by atoms with Crippen LogP contribution in [0.5, 0.6) is 0 Å². The zero-order valence-electron chi connectivity index (χ0n) is 15.1. The van der Waals surface area contributed by atoms with Crippen LogP contribution in [0.2, 0.25) is 0 Å². The van der Waals surface area contributed by atoms with Gasteiger partial charge in [-0.3, -0.25) is 4.79 Å². The molecule has 1 unspecified atom stereocenters. The van der Waals surface area contributed by atoms with E-state index in [-0.39, 0.29) is 24.8 Å². The summed E-state index contributed by atoms with van der Waals surface area (Å²) in [4.78, 5) is 14.2. The van der Waals surface area contributed by atoms with Crippen LogP contribution < -0.4 is 10.2 Å². The number of thiophene rings is 1. The summed E-state index contributed by atoms with van der Waals surface area (Å²) in [7, 11) is 0. The molecule has 0 saturated carbocycles.